The molecule has 0 fully saturated rings. The molecule has 138 valence electrons. The van der Waals surface area contributed by atoms with E-state index in [1.165, 1.54) is 0 Å². The van der Waals surface area contributed by atoms with Gasteiger partial charge in [-0.3, -0.25) is 4.79 Å². The molecule has 3 rings (SSSR count). The Bertz CT molecular complexity index is 865. The van der Waals surface area contributed by atoms with Crippen LogP contribution in [0.15, 0.2) is 45.4 Å². The molecule has 1 aromatic carbocycles. The summed E-state index contributed by atoms with van der Waals surface area (Å²) in [4.78, 5) is 11.7. The van der Waals surface area contributed by atoms with Gasteiger partial charge < -0.3 is 20.8 Å². The molecule has 0 saturated heterocycles. The number of aromatic nitrogens is 2. The number of carbonyl (C=O) groups is 1. The largest absolute Gasteiger partial charge is 0.460 e. The maximum atomic E-state index is 11.7. The third kappa shape index (κ3) is 4.98. The van der Waals surface area contributed by atoms with Crippen LogP contribution in [0.4, 0.5) is 5.82 Å². The van der Waals surface area contributed by atoms with Crippen LogP contribution in [0, 0.1) is 0 Å². The van der Waals surface area contributed by atoms with Gasteiger partial charge in [-0.1, -0.05) is 23.7 Å². The van der Waals surface area contributed by atoms with Gasteiger partial charge in [0.25, 0.3) is 5.91 Å². The zero-order valence-electron chi connectivity index (χ0n) is 13.6. The predicted octanol–water partition coefficient (Wildman–Crippen LogP) is 2.51. The van der Waals surface area contributed by atoms with E-state index < -0.39 is 5.91 Å². The molecule has 0 atom stereocenters. The van der Waals surface area contributed by atoms with E-state index in [9.17, 15) is 4.79 Å². The van der Waals surface area contributed by atoms with Crippen LogP contribution in [-0.4, -0.2) is 29.3 Å². The van der Waals surface area contributed by atoms with Crippen molar-refractivity contribution in [1.29, 1.82) is 0 Å². The van der Waals surface area contributed by atoms with Crippen LogP contribution in [-0.2, 0) is 6.54 Å². The molecule has 10 heteroatoms. The van der Waals surface area contributed by atoms with Gasteiger partial charge in [-0.25, -0.2) is 4.63 Å². The van der Waals surface area contributed by atoms with Crippen molar-refractivity contribution in [3.8, 4) is 11.3 Å². The molecule has 0 bridgehead atoms. The van der Waals surface area contributed by atoms with E-state index in [-0.39, 0.29) is 23.9 Å². The number of nitrogens with zero attached hydrogens (tertiary/aromatic N) is 2. The van der Waals surface area contributed by atoms with Gasteiger partial charge in [0.05, 0.1) is 6.54 Å². The highest BCUT2D eigenvalue weighted by atomic mass is 35.5. The molecule has 1 amide bonds. The monoisotopic (exact) mass is 397 g/mol. The average Bonchev–Trinajstić information content (AvgIpc) is 3.23. The van der Waals surface area contributed by atoms with Crippen molar-refractivity contribution in [1.82, 2.24) is 20.9 Å². The lowest BCUT2D eigenvalue weighted by molar-refractivity contribution is 0.0944. The number of anilines is 1. The SMILES string of the molecule is Cl.Nc1nonc1C(=O)NCCNCc1ccc(-c2cccc(Cl)c2)o1. The van der Waals surface area contributed by atoms with Crippen molar-refractivity contribution < 1.29 is 13.8 Å². The molecule has 0 aliphatic carbocycles. The molecule has 2 aromatic heterocycles. The van der Waals surface area contributed by atoms with E-state index in [0.29, 0.717) is 24.7 Å². The predicted molar refractivity (Wildman–Crippen MR) is 99.2 cm³/mol. The van der Waals surface area contributed by atoms with Crippen molar-refractivity contribution in [3.05, 3.63) is 52.9 Å². The van der Waals surface area contributed by atoms with Crippen LogP contribution >= 0.6 is 24.0 Å². The lowest BCUT2D eigenvalue weighted by Crippen LogP contribution is -2.32. The molecular formula is C16H17Cl2N5O3. The standard InChI is InChI=1S/C16H16ClN5O3.ClH/c17-11-3-1-2-10(8-11)13-5-4-12(24-13)9-19-6-7-20-16(23)14-15(18)22-25-21-14;/h1-5,8,19H,6-7,9H2,(H2,18,22)(H,20,23);1H. The van der Waals surface area contributed by atoms with Gasteiger partial charge in [0, 0.05) is 23.7 Å². The average molecular weight is 398 g/mol. The Morgan fingerprint density at radius 3 is 2.77 bits per heavy atom. The Balaban J connectivity index is 0.00000243. The van der Waals surface area contributed by atoms with Crippen molar-refractivity contribution >= 4 is 35.7 Å². The van der Waals surface area contributed by atoms with Crippen LogP contribution in [0.3, 0.4) is 0 Å². The Morgan fingerprint density at radius 1 is 1.19 bits per heavy atom. The third-order valence-corrected chi connectivity index (χ3v) is 3.62. The van der Waals surface area contributed by atoms with Crippen LogP contribution in [0.1, 0.15) is 16.2 Å². The number of nitrogen functional groups attached to an aromatic ring is 1. The van der Waals surface area contributed by atoms with Crippen LogP contribution in [0.5, 0.6) is 0 Å². The lowest BCUT2D eigenvalue weighted by atomic mass is 10.2. The third-order valence-electron chi connectivity index (χ3n) is 3.39. The fraction of sp³-hybridized carbons (Fsp3) is 0.188. The first kappa shape index (κ1) is 19.8. The Morgan fingerprint density at radius 2 is 2.04 bits per heavy atom. The van der Waals surface area contributed by atoms with E-state index in [4.69, 9.17) is 21.8 Å². The minimum atomic E-state index is -0.429. The number of furan rings is 1. The highest BCUT2D eigenvalue weighted by Gasteiger charge is 2.14. The maximum Gasteiger partial charge on any atom is 0.277 e. The summed E-state index contributed by atoms with van der Waals surface area (Å²) >= 11 is 5.98. The normalized spacial score (nSPS) is 10.3. The van der Waals surface area contributed by atoms with E-state index in [2.05, 4.69) is 25.6 Å². The van der Waals surface area contributed by atoms with Gasteiger partial charge >= 0.3 is 0 Å². The first-order valence-corrected chi connectivity index (χ1v) is 7.93. The Hall–Kier alpha value is -2.55. The fourth-order valence-electron chi connectivity index (χ4n) is 2.18. The second-order valence-electron chi connectivity index (χ2n) is 5.21. The van der Waals surface area contributed by atoms with Crippen molar-refractivity contribution in [2.24, 2.45) is 0 Å². The molecule has 26 heavy (non-hydrogen) atoms. The molecule has 0 radical (unpaired) electrons. The number of hydrogen-bond donors (Lipinski definition) is 3. The van der Waals surface area contributed by atoms with Crippen LogP contribution in [0.25, 0.3) is 11.3 Å². The maximum absolute atomic E-state index is 11.7. The first-order valence-electron chi connectivity index (χ1n) is 7.55. The quantitative estimate of drug-likeness (QED) is 0.523. The number of halogens is 2. The molecule has 0 unspecified atom stereocenters. The van der Waals surface area contributed by atoms with Gasteiger partial charge in [-0.05, 0) is 34.6 Å². The zero-order chi connectivity index (χ0) is 17.6. The van der Waals surface area contributed by atoms with Gasteiger partial charge in [0.2, 0.25) is 11.5 Å². The second kappa shape index (κ2) is 9.23. The summed E-state index contributed by atoms with van der Waals surface area (Å²) in [5.41, 5.74) is 6.35. The minimum Gasteiger partial charge on any atom is -0.460 e. The van der Waals surface area contributed by atoms with Crippen LogP contribution < -0.4 is 16.4 Å². The number of amides is 1. The number of carbonyl (C=O) groups excluding carboxylic acids is 1. The topological polar surface area (TPSA) is 119 Å². The van der Waals surface area contributed by atoms with Crippen molar-refractivity contribution in [2.45, 2.75) is 6.54 Å². The van der Waals surface area contributed by atoms with Gasteiger partial charge in [-0.15, -0.1) is 12.4 Å². The number of hydrogen-bond acceptors (Lipinski definition) is 7. The molecule has 8 nitrogen and oxygen atoms in total. The molecule has 0 aliphatic rings. The van der Waals surface area contributed by atoms with E-state index in [0.717, 1.165) is 17.1 Å². The zero-order valence-corrected chi connectivity index (χ0v) is 15.1. The Labute approximate surface area is 160 Å². The number of rotatable bonds is 7. The van der Waals surface area contributed by atoms with E-state index >= 15 is 0 Å². The first-order chi connectivity index (χ1) is 12.1. The Kier molecular flexibility index (Phi) is 7.02. The lowest BCUT2D eigenvalue weighted by Gasteiger charge is -2.04. The summed E-state index contributed by atoms with van der Waals surface area (Å²) in [7, 11) is 0. The second-order valence-corrected chi connectivity index (χ2v) is 5.64. The van der Waals surface area contributed by atoms with Crippen molar-refractivity contribution in [2.75, 3.05) is 18.8 Å². The van der Waals surface area contributed by atoms with Gasteiger partial charge in [0.1, 0.15) is 11.5 Å². The molecule has 0 saturated carbocycles. The highest BCUT2D eigenvalue weighted by Crippen LogP contribution is 2.24. The van der Waals surface area contributed by atoms with Crippen molar-refractivity contribution in [3.63, 3.8) is 0 Å². The summed E-state index contributed by atoms with van der Waals surface area (Å²) in [6.45, 7) is 1.47. The molecule has 2 heterocycles. The molecule has 4 N–H and O–H groups in total. The van der Waals surface area contributed by atoms with E-state index in [1.807, 2.05) is 36.4 Å². The summed E-state index contributed by atoms with van der Waals surface area (Å²) < 4.78 is 10.1. The minimum absolute atomic E-state index is 0. The van der Waals surface area contributed by atoms with Crippen LogP contribution in [0.2, 0.25) is 5.02 Å². The smallest absolute Gasteiger partial charge is 0.277 e. The number of nitrogens with one attached hydrogen (secondary N) is 2. The highest BCUT2D eigenvalue weighted by molar-refractivity contribution is 6.30. The van der Waals surface area contributed by atoms with Gasteiger partial charge in [-0.2, -0.15) is 0 Å². The summed E-state index contributed by atoms with van der Waals surface area (Å²) in [6, 6.07) is 11.2. The molecule has 0 spiro atoms. The molecular weight excluding hydrogens is 381 g/mol. The molecule has 0 aliphatic heterocycles. The number of nitrogens with two attached hydrogens (primary N) is 1. The summed E-state index contributed by atoms with van der Waals surface area (Å²) in [6.07, 6.45) is 0. The summed E-state index contributed by atoms with van der Waals surface area (Å²) in [5.74, 6) is 1.07. The number of benzene rings is 1. The van der Waals surface area contributed by atoms with Gasteiger partial charge in [0.15, 0.2) is 0 Å². The summed E-state index contributed by atoms with van der Waals surface area (Å²) in [5, 5.41) is 13.3. The fourth-order valence-corrected chi connectivity index (χ4v) is 2.37. The molecule has 3 aromatic rings. The van der Waals surface area contributed by atoms with E-state index in [1.54, 1.807) is 0 Å².